The number of carbonyl (C=O) groups is 3. The second-order valence-corrected chi connectivity index (χ2v) is 8.33. The number of nitrogens with zero attached hydrogens (tertiary/aromatic N) is 1. The first kappa shape index (κ1) is 26.3. The predicted molar refractivity (Wildman–Crippen MR) is 138 cm³/mol. The van der Waals surface area contributed by atoms with Crippen LogP contribution in [-0.2, 0) is 14.4 Å². The molecule has 0 unspecified atom stereocenters. The van der Waals surface area contributed by atoms with E-state index >= 15 is 0 Å². The smallest absolute Gasteiger partial charge is 0.329 e. The lowest BCUT2D eigenvalue weighted by Crippen LogP contribution is -2.32. The van der Waals surface area contributed by atoms with Crippen molar-refractivity contribution in [3.8, 4) is 5.75 Å². The van der Waals surface area contributed by atoms with E-state index in [1.807, 2.05) is 0 Å². The Hall–Kier alpha value is -3.30. The molecule has 0 aliphatic heterocycles. The molecule has 0 saturated heterocycles. The first-order chi connectivity index (χ1) is 16.7. The molecule has 3 aromatic carbocycles. The topological polar surface area (TPSA) is 109 Å². The van der Waals surface area contributed by atoms with Crippen molar-refractivity contribution in [3.05, 3.63) is 86.3 Å². The lowest BCUT2D eigenvalue weighted by atomic mass is 10.2. The van der Waals surface area contributed by atoms with Crippen molar-refractivity contribution in [3.63, 3.8) is 0 Å². The summed E-state index contributed by atoms with van der Waals surface area (Å²) >= 11 is 23.8. The van der Waals surface area contributed by atoms with Gasteiger partial charge in [-0.3, -0.25) is 14.4 Å². The summed E-state index contributed by atoms with van der Waals surface area (Å²) in [6.45, 7) is -0.252. The van der Waals surface area contributed by atoms with Gasteiger partial charge in [-0.05, 0) is 54.1 Å². The second-order valence-electron chi connectivity index (χ2n) is 6.76. The van der Waals surface area contributed by atoms with Crippen molar-refractivity contribution >= 4 is 81.7 Å². The summed E-state index contributed by atoms with van der Waals surface area (Å²) in [5.41, 5.74) is 3.29. The molecule has 0 aliphatic carbocycles. The Bertz CT molecular complexity index is 1280. The molecule has 0 saturated carbocycles. The molecule has 0 radical (unpaired) electrons. The van der Waals surface area contributed by atoms with Crippen LogP contribution in [0.5, 0.6) is 5.75 Å². The van der Waals surface area contributed by atoms with E-state index in [-0.39, 0.29) is 27.4 Å². The highest BCUT2D eigenvalue weighted by Gasteiger charge is 2.15. The predicted octanol–water partition coefficient (Wildman–Crippen LogP) is 5.41. The summed E-state index contributed by atoms with van der Waals surface area (Å²) in [5.74, 6) is -1.95. The minimum absolute atomic E-state index is 0.117. The van der Waals surface area contributed by atoms with Crippen molar-refractivity contribution in [1.29, 1.82) is 0 Å². The van der Waals surface area contributed by atoms with Gasteiger partial charge in [0.25, 0.3) is 5.91 Å². The van der Waals surface area contributed by atoms with Gasteiger partial charge in [-0.2, -0.15) is 5.10 Å². The van der Waals surface area contributed by atoms with Crippen LogP contribution in [-0.4, -0.2) is 30.5 Å². The van der Waals surface area contributed by atoms with Gasteiger partial charge in [0.2, 0.25) is 0 Å². The van der Waals surface area contributed by atoms with Gasteiger partial charge >= 0.3 is 11.8 Å². The normalized spacial score (nSPS) is 10.6. The third-order valence-electron chi connectivity index (χ3n) is 4.26. The van der Waals surface area contributed by atoms with E-state index < -0.39 is 17.7 Å². The van der Waals surface area contributed by atoms with Gasteiger partial charge in [0.15, 0.2) is 6.61 Å². The van der Waals surface area contributed by atoms with Gasteiger partial charge < -0.3 is 15.4 Å². The SMILES string of the molecule is O=C(COc1ccc(/C=N\NC(=O)C(=O)Nc2cccc(Cl)c2Cl)cc1)Nc1cccc(Cl)c1Cl. The highest BCUT2D eigenvalue weighted by Crippen LogP contribution is 2.30. The maximum absolute atomic E-state index is 12.1. The lowest BCUT2D eigenvalue weighted by Gasteiger charge is -2.09. The Morgan fingerprint density at radius 1 is 0.771 bits per heavy atom. The summed E-state index contributed by atoms with van der Waals surface area (Å²) in [6.07, 6.45) is 1.33. The van der Waals surface area contributed by atoms with Gasteiger partial charge in [-0.15, -0.1) is 0 Å². The first-order valence-corrected chi connectivity index (χ1v) is 11.3. The fraction of sp³-hybridized carbons (Fsp3) is 0.0435. The van der Waals surface area contributed by atoms with Crippen LogP contribution in [0.1, 0.15) is 5.56 Å². The summed E-state index contributed by atoms with van der Waals surface area (Å²) in [6, 6.07) is 16.0. The average molecular weight is 554 g/mol. The van der Waals surface area contributed by atoms with E-state index in [2.05, 4.69) is 21.2 Å². The number of hydrogen-bond acceptors (Lipinski definition) is 5. The van der Waals surface area contributed by atoms with Crippen molar-refractivity contribution in [2.24, 2.45) is 5.10 Å². The summed E-state index contributed by atoms with van der Waals surface area (Å²) < 4.78 is 5.44. The van der Waals surface area contributed by atoms with E-state index in [1.54, 1.807) is 54.6 Å². The minimum Gasteiger partial charge on any atom is -0.484 e. The van der Waals surface area contributed by atoms with Crippen molar-refractivity contribution in [2.45, 2.75) is 0 Å². The van der Waals surface area contributed by atoms with Gasteiger partial charge in [-0.25, -0.2) is 5.43 Å². The summed E-state index contributed by atoms with van der Waals surface area (Å²) in [5, 5.41) is 9.62. The molecule has 3 aromatic rings. The molecule has 0 fully saturated rings. The summed E-state index contributed by atoms with van der Waals surface area (Å²) in [7, 11) is 0. The molecular formula is C23H16Cl4N4O4. The van der Waals surface area contributed by atoms with Gasteiger partial charge in [0.05, 0.1) is 37.7 Å². The number of ether oxygens (including phenoxy) is 1. The number of hydrazone groups is 1. The summed E-state index contributed by atoms with van der Waals surface area (Å²) in [4.78, 5) is 36.0. The van der Waals surface area contributed by atoms with E-state index in [0.717, 1.165) is 0 Å². The number of amides is 3. The Morgan fingerprint density at radius 2 is 1.34 bits per heavy atom. The van der Waals surface area contributed by atoms with E-state index in [4.69, 9.17) is 51.1 Å². The fourth-order valence-electron chi connectivity index (χ4n) is 2.58. The van der Waals surface area contributed by atoms with E-state index in [1.165, 1.54) is 12.3 Å². The monoisotopic (exact) mass is 552 g/mol. The maximum Gasteiger partial charge on any atom is 0.329 e. The number of halogens is 4. The van der Waals surface area contributed by atoms with Crippen molar-refractivity contribution < 1.29 is 19.1 Å². The average Bonchev–Trinajstić information content (AvgIpc) is 2.84. The molecule has 3 amide bonds. The lowest BCUT2D eigenvalue weighted by molar-refractivity contribution is -0.136. The molecule has 12 heteroatoms. The van der Waals surface area contributed by atoms with Crippen LogP contribution in [0, 0.1) is 0 Å². The molecule has 3 N–H and O–H groups in total. The van der Waals surface area contributed by atoms with Crippen LogP contribution in [0.2, 0.25) is 20.1 Å². The largest absolute Gasteiger partial charge is 0.484 e. The number of nitrogens with one attached hydrogen (secondary N) is 3. The zero-order valence-electron chi connectivity index (χ0n) is 17.7. The molecule has 0 atom stereocenters. The molecule has 3 rings (SSSR count). The number of carbonyl (C=O) groups excluding carboxylic acids is 3. The number of benzene rings is 3. The second kappa shape index (κ2) is 12.4. The van der Waals surface area contributed by atoms with Gasteiger partial charge in [-0.1, -0.05) is 58.5 Å². The molecule has 0 heterocycles. The Morgan fingerprint density at radius 3 is 1.94 bits per heavy atom. The van der Waals surface area contributed by atoms with Crippen LogP contribution in [0.3, 0.4) is 0 Å². The number of anilines is 2. The van der Waals surface area contributed by atoms with E-state index in [0.29, 0.717) is 22.0 Å². The molecule has 0 aromatic heterocycles. The zero-order valence-corrected chi connectivity index (χ0v) is 20.7. The molecule has 35 heavy (non-hydrogen) atoms. The van der Waals surface area contributed by atoms with Crippen LogP contribution >= 0.6 is 46.4 Å². The molecular weight excluding hydrogens is 538 g/mol. The Kier molecular flexibility index (Phi) is 9.33. The molecule has 0 spiro atoms. The molecule has 8 nitrogen and oxygen atoms in total. The van der Waals surface area contributed by atoms with Crippen molar-refractivity contribution in [2.75, 3.05) is 17.2 Å². The third kappa shape index (κ3) is 7.60. The molecule has 0 aliphatic rings. The van der Waals surface area contributed by atoms with Gasteiger partial charge in [0.1, 0.15) is 5.75 Å². The highest BCUT2D eigenvalue weighted by atomic mass is 35.5. The molecule has 180 valence electrons. The Balaban J connectivity index is 1.46. The first-order valence-electron chi connectivity index (χ1n) is 9.79. The zero-order chi connectivity index (χ0) is 25.4. The van der Waals surface area contributed by atoms with E-state index in [9.17, 15) is 14.4 Å². The Labute approximate surface area is 220 Å². The highest BCUT2D eigenvalue weighted by molar-refractivity contribution is 6.46. The van der Waals surface area contributed by atoms with Crippen molar-refractivity contribution in [1.82, 2.24) is 5.43 Å². The third-order valence-corrected chi connectivity index (χ3v) is 5.90. The van der Waals surface area contributed by atoms with Crippen LogP contribution in [0.4, 0.5) is 11.4 Å². The minimum atomic E-state index is -0.997. The maximum atomic E-state index is 12.1. The van der Waals surface area contributed by atoms with Crippen LogP contribution in [0.25, 0.3) is 0 Å². The number of hydrogen-bond donors (Lipinski definition) is 3. The van der Waals surface area contributed by atoms with Crippen LogP contribution < -0.4 is 20.8 Å². The van der Waals surface area contributed by atoms with Gasteiger partial charge in [0, 0.05) is 0 Å². The standard InChI is InChI=1S/C23H16Cl4N4O4/c24-15-3-1-5-17(20(15)26)29-19(32)12-35-14-9-7-13(8-10-14)11-28-31-23(34)22(33)30-18-6-2-4-16(25)21(18)27/h1-11H,12H2,(H,29,32)(H,30,33)(H,31,34)/b28-11-. The number of rotatable bonds is 7. The fourth-order valence-corrected chi connectivity index (χ4v) is 3.28. The molecule has 0 bridgehead atoms. The quantitative estimate of drug-likeness (QED) is 0.206. The van der Waals surface area contributed by atoms with Crippen LogP contribution in [0.15, 0.2) is 65.8 Å².